The summed E-state index contributed by atoms with van der Waals surface area (Å²) in [4.78, 5) is 58.0. The second kappa shape index (κ2) is 13.0. The second-order valence-corrected chi connectivity index (χ2v) is 10.5. The van der Waals surface area contributed by atoms with Crippen molar-refractivity contribution < 1.29 is 23.9 Å². The molecule has 3 amide bonds. The van der Waals surface area contributed by atoms with Crippen LogP contribution in [0, 0.1) is 11.8 Å². The summed E-state index contributed by atoms with van der Waals surface area (Å²) in [6.07, 6.45) is 6.46. The van der Waals surface area contributed by atoms with E-state index in [1.54, 1.807) is 22.1 Å². The summed E-state index contributed by atoms with van der Waals surface area (Å²) in [7, 11) is 0. The molecular formula is C25H38N4O5S. The van der Waals surface area contributed by atoms with E-state index in [9.17, 15) is 19.2 Å². The van der Waals surface area contributed by atoms with E-state index in [-0.39, 0.29) is 54.5 Å². The highest BCUT2D eigenvalue weighted by atomic mass is 32.1. The summed E-state index contributed by atoms with van der Waals surface area (Å²) >= 11 is 1.27. The van der Waals surface area contributed by atoms with E-state index in [2.05, 4.69) is 10.3 Å². The van der Waals surface area contributed by atoms with E-state index in [1.165, 1.54) is 17.8 Å². The first-order valence-corrected chi connectivity index (χ1v) is 13.7. The van der Waals surface area contributed by atoms with Crippen LogP contribution >= 0.6 is 11.3 Å². The Morgan fingerprint density at radius 1 is 1.11 bits per heavy atom. The lowest BCUT2D eigenvalue weighted by molar-refractivity contribution is -0.151. The van der Waals surface area contributed by atoms with Gasteiger partial charge in [0.05, 0.1) is 24.6 Å². The monoisotopic (exact) mass is 506 g/mol. The second-order valence-electron chi connectivity index (χ2n) is 9.67. The third-order valence-corrected chi connectivity index (χ3v) is 7.58. The molecule has 1 N–H and O–H groups in total. The summed E-state index contributed by atoms with van der Waals surface area (Å²) in [5, 5.41) is 4.98. The predicted octanol–water partition coefficient (Wildman–Crippen LogP) is 3.24. The Balaban J connectivity index is 1.47. The number of nitrogens with zero attached hydrogens (tertiary/aromatic N) is 3. The average Bonchev–Trinajstić information content (AvgIpc) is 3.29. The van der Waals surface area contributed by atoms with Crippen molar-refractivity contribution in [3.63, 3.8) is 0 Å². The van der Waals surface area contributed by atoms with Crippen LogP contribution in [0.3, 0.4) is 0 Å². The van der Waals surface area contributed by atoms with Gasteiger partial charge in [-0.15, -0.1) is 11.3 Å². The molecule has 2 aliphatic rings. The molecule has 1 aromatic heterocycles. The van der Waals surface area contributed by atoms with Gasteiger partial charge >= 0.3 is 5.97 Å². The average molecular weight is 507 g/mol. The largest absolute Gasteiger partial charge is 0.466 e. The number of esters is 1. The van der Waals surface area contributed by atoms with Crippen LogP contribution in [0.15, 0.2) is 5.38 Å². The van der Waals surface area contributed by atoms with Gasteiger partial charge in [-0.1, -0.05) is 19.3 Å². The van der Waals surface area contributed by atoms with Gasteiger partial charge in [-0.3, -0.25) is 19.2 Å². The Labute approximate surface area is 211 Å². The Hall–Kier alpha value is -2.49. The number of aromatic nitrogens is 1. The van der Waals surface area contributed by atoms with Crippen LogP contribution in [-0.4, -0.2) is 70.8 Å². The van der Waals surface area contributed by atoms with Crippen LogP contribution in [0.25, 0.3) is 0 Å². The number of carbonyl (C=O) groups excluding carboxylic acids is 4. The van der Waals surface area contributed by atoms with Crippen molar-refractivity contribution in [2.24, 2.45) is 11.8 Å². The van der Waals surface area contributed by atoms with Gasteiger partial charge in [0, 0.05) is 30.4 Å². The van der Waals surface area contributed by atoms with Crippen LogP contribution in [0.5, 0.6) is 0 Å². The Morgan fingerprint density at radius 2 is 1.80 bits per heavy atom. The highest BCUT2D eigenvalue weighted by Crippen LogP contribution is 2.26. The number of anilines is 1. The first kappa shape index (κ1) is 27.1. The van der Waals surface area contributed by atoms with Gasteiger partial charge in [-0.25, -0.2) is 4.98 Å². The van der Waals surface area contributed by atoms with Crippen LogP contribution in [0.2, 0.25) is 0 Å². The molecule has 3 rings (SSSR count). The first-order chi connectivity index (χ1) is 16.8. The highest BCUT2D eigenvalue weighted by Gasteiger charge is 2.30. The highest BCUT2D eigenvalue weighted by molar-refractivity contribution is 7.13. The minimum atomic E-state index is -0.281. The van der Waals surface area contributed by atoms with Crippen molar-refractivity contribution in [1.82, 2.24) is 14.8 Å². The van der Waals surface area contributed by atoms with Crippen LogP contribution in [0.4, 0.5) is 5.13 Å². The van der Waals surface area contributed by atoms with E-state index in [4.69, 9.17) is 4.74 Å². The maximum atomic E-state index is 13.0. The molecule has 10 heteroatoms. The molecule has 1 saturated heterocycles. The molecule has 9 nitrogen and oxygen atoms in total. The minimum Gasteiger partial charge on any atom is -0.466 e. The van der Waals surface area contributed by atoms with Gasteiger partial charge in [0.15, 0.2) is 5.13 Å². The lowest BCUT2D eigenvalue weighted by Gasteiger charge is -2.31. The van der Waals surface area contributed by atoms with Gasteiger partial charge in [0.25, 0.3) is 0 Å². The Morgan fingerprint density at radius 3 is 2.43 bits per heavy atom. The van der Waals surface area contributed by atoms with Crippen LogP contribution in [0.1, 0.15) is 71.4 Å². The number of rotatable bonds is 9. The van der Waals surface area contributed by atoms with Crippen LogP contribution in [-0.2, 0) is 30.3 Å². The predicted molar refractivity (Wildman–Crippen MR) is 134 cm³/mol. The molecule has 0 radical (unpaired) electrons. The maximum Gasteiger partial charge on any atom is 0.309 e. The van der Waals surface area contributed by atoms with E-state index in [1.807, 2.05) is 13.8 Å². The molecule has 0 unspecified atom stereocenters. The van der Waals surface area contributed by atoms with Gasteiger partial charge < -0.3 is 19.9 Å². The zero-order valence-corrected chi connectivity index (χ0v) is 21.9. The van der Waals surface area contributed by atoms with Crippen molar-refractivity contribution in [2.75, 3.05) is 31.6 Å². The molecule has 1 aliphatic heterocycles. The number of hydrogen-bond donors (Lipinski definition) is 1. The molecule has 1 aliphatic carbocycles. The van der Waals surface area contributed by atoms with E-state index in [0.717, 1.165) is 25.7 Å². The molecule has 2 fully saturated rings. The molecule has 1 saturated carbocycles. The van der Waals surface area contributed by atoms with Gasteiger partial charge in [-0.05, 0) is 46.5 Å². The number of carbonyl (C=O) groups is 4. The molecule has 0 atom stereocenters. The standard InChI is InChI=1S/C25H38N4O5S/c1-4-34-24(33)19-10-12-28(13-11-19)22(31)14-20-16-35-25(26-20)27-21(30)15-29(17(2)3)23(32)18-8-6-5-7-9-18/h16-19H,4-15H2,1-3H3,(H,26,27,30). The minimum absolute atomic E-state index is 0.00372. The van der Waals surface area contributed by atoms with Crippen molar-refractivity contribution >= 4 is 40.2 Å². The Kier molecular flexibility index (Phi) is 10.1. The quantitative estimate of drug-likeness (QED) is 0.515. The van der Waals surface area contributed by atoms with Crippen molar-refractivity contribution in [3.05, 3.63) is 11.1 Å². The van der Waals surface area contributed by atoms with Crippen molar-refractivity contribution in [2.45, 2.75) is 78.2 Å². The molecule has 2 heterocycles. The van der Waals surface area contributed by atoms with Crippen LogP contribution < -0.4 is 5.32 Å². The molecule has 0 aromatic carbocycles. The molecule has 0 bridgehead atoms. The number of nitrogens with one attached hydrogen (secondary N) is 1. The summed E-state index contributed by atoms with van der Waals surface area (Å²) < 4.78 is 5.08. The van der Waals surface area contributed by atoms with E-state index >= 15 is 0 Å². The van der Waals surface area contributed by atoms with Gasteiger partial charge in [-0.2, -0.15) is 0 Å². The van der Waals surface area contributed by atoms with E-state index < -0.39 is 0 Å². The number of likely N-dealkylation sites (tertiary alicyclic amines) is 1. The van der Waals surface area contributed by atoms with E-state index in [0.29, 0.717) is 43.4 Å². The number of amides is 3. The third kappa shape index (κ3) is 7.75. The maximum absolute atomic E-state index is 13.0. The SMILES string of the molecule is CCOC(=O)C1CCN(C(=O)Cc2csc(NC(=O)CN(C(=O)C3CCCCC3)C(C)C)n2)CC1. The third-order valence-electron chi connectivity index (χ3n) is 6.77. The summed E-state index contributed by atoms with van der Waals surface area (Å²) in [5.41, 5.74) is 0.599. The molecule has 35 heavy (non-hydrogen) atoms. The van der Waals surface area contributed by atoms with Crippen molar-refractivity contribution in [1.29, 1.82) is 0 Å². The fourth-order valence-corrected chi connectivity index (χ4v) is 5.48. The fourth-order valence-electron chi connectivity index (χ4n) is 4.75. The first-order valence-electron chi connectivity index (χ1n) is 12.8. The number of thiazole rings is 1. The molecule has 1 aromatic rings. The summed E-state index contributed by atoms with van der Waals surface area (Å²) in [6, 6.07) is -0.0624. The molecular weight excluding hydrogens is 468 g/mol. The van der Waals surface area contributed by atoms with Gasteiger partial charge in [0.2, 0.25) is 17.7 Å². The van der Waals surface area contributed by atoms with Crippen molar-refractivity contribution in [3.8, 4) is 0 Å². The number of piperidine rings is 1. The number of hydrogen-bond acceptors (Lipinski definition) is 7. The fraction of sp³-hybridized carbons (Fsp3) is 0.720. The Bertz CT molecular complexity index is 888. The normalized spacial score (nSPS) is 17.3. The lowest BCUT2D eigenvalue weighted by atomic mass is 9.88. The summed E-state index contributed by atoms with van der Waals surface area (Å²) in [5.74, 6) is -0.576. The topological polar surface area (TPSA) is 109 Å². The lowest BCUT2D eigenvalue weighted by Crippen LogP contribution is -2.45. The smallest absolute Gasteiger partial charge is 0.309 e. The van der Waals surface area contributed by atoms with Gasteiger partial charge in [0.1, 0.15) is 6.54 Å². The summed E-state index contributed by atoms with van der Waals surface area (Å²) in [6.45, 7) is 7.06. The molecule has 194 valence electrons. The zero-order valence-electron chi connectivity index (χ0n) is 21.1. The molecule has 0 spiro atoms. The number of ether oxygens (including phenoxy) is 1. The zero-order chi connectivity index (χ0) is 25.4.